The number of rotatable bonds is 5. The van der Waals surface area contributed by atoms with E-state index in [1.807, 2.05) is 23.4 Å². The van der Waals surface area contributed by atoms with Crippen LogP contribution in [0.4, 0.5) is 5.69 Å². The van der Waals surface area contributed by atoms with E-state index in [-0.39, 0.29) is 11.0 Å². The molecule has 2 heterocycles. The molecule has 0 bridgehead atoms. The first kappa shape index (κ1) is 17.4. The van der Waals surface area contributed by atoms with E-state index >= 15 is 0 Å². The molecule has 28 heavy (non-hydrogen) atoms. The highest BCUT2D eigenvalue weighted by atomic mass is 16.1. The molecule has 1 aromatic carbocycles. The Kier molecular flexibility index (Phi) is 3.83. The minimum atomic E-state index is 0.00472. The number of fused-ring (bicyclic) bond motifs is 2. The first-order valence-corrected chi connectivity index (χ1v) is 10.2. The molecule has 0 aromatic heterocycles. The fourth-order valence-electron chi connectivity index (χ4n) is 5.72. The van der Waals surface area contributed by atoms with Gasteiger partial charge in [0.2, 0.25) is 6.41 Å². The second kappa shape index (κ2) is 6.16. The van der Waals surface area contributed by atoms with Gasteiger partial charge in [-0.3, -0.25) is 4.79 Å². The Labute approximate surface area is 165 Å². The van der Waals surface area contributed by atoms with E-state index in [0.717, 1.165) is 36.5 Å². The van der Waals surface area contributed by atoms with Gasteiger partial charge in [0, 0.05) is 24.6 Å². The highest BCUT2D eigenvalue weighted by molar-refractivity contribution is 5.80. The molecule has 5 nitrogen and oxygen atoms in total. The minimum absolute atomic E-state index is 0.00472. The van der Waals surface area contributed by atoms with Crippen LogP contribution >= 0.6 is 0 Å². The van der Waals surface area contributed by atoms with E-state index in [4.69, 9.17) is 0 Å². The van der Waals surface area contributed by atoms with Gasteiger partial charge >= 0.3 is 0 Å². The Morgan fingerprint density at radius 3 is 2.68 bits per heavy atom. The molecule has 1 aromatic rings. The van der Waals surface area contributed by atoms with Crippen LogP contribution in [0.1, 0.15) is 45.1 Å². The molecule has 2 aliphatic heterocycles. The van der Waals surface area contributed by atoms with E-state index in [2.05, 4.69) is 52.6 Å². The monoisotopic (exact) mass is 374 g/mol. The summed E-state index contributed by atoms with van der Waals surface area (Å²) in [7, 11) is 0. The van der Waals surface area contributed by atoms with Crippen LogP contribution < -0.4 is 4.90 Å². The summed E-state index contributed by atoms with van der Waals surface area (Å²) in [6.45, 7) is 5.42. The third-order valence-corrected chi connectivity index (χ3v) is 7.26. The number of anilines is 1. The normalized spacial score (nSPS) is 25.3. The van der Waals surface area contributed by atoms with Crippen molar-refractivity contribution in [1.29, 1.82) is 0 Å². The van der Waals surface area contributed by atoms with Crippen LogP contribution in [0.5, 0.6) is 0 Å². The van der Waals surface area contributed by atoms with E-state index in [1.54, 1.807) is 6.33 Å². The van der Waals surface area contributed by atoms with Crippen molar-refractivity contribution in [1.82, 2.24) is 14.5 Å². The number of pyridine rings is 1. The molecule has 2 fully saturated rings. The Morgan fingerprint density at radius 1 is 1.14 bits per heavy atom. The standard InChI is InChI=1S/C23H26N4O/c1-22(2)21-5-3-4-11-23(21,22)27(16-28)18-8-6-17(7-9-18)13-26-12-10-19-20(14-26)25-15-24-19/h6-10,12,14-16,21H,3-5,11,13H2,1-2H3. The molecule has 2 unspecified atom stereocenters. The van der Waals surface area contributed by atoms with Gasteiger partial charge in [0.15, 0.2) is 0 Å². The number of hydrogen-bond acceptors (Lipinski definition) is 3. The Morgan fingerprint density at radius 2 is 1.93 bits per heavy atom. The number of nitrogens with zero attached hydrogens (tertiary/aromatic N) is 4. The summed E-state index contributed by atoms with van der Waals surface area (Å²) in [5, 5.41) is 0. The van der Waals surface area contributed by atoms with E-state index in [0.29, 0.717) is 5.92 Å². The van der Waals surface area contributed by atoms with Crippen LogP contribution in [-0.2, 0) is 11.3 Å². The van der Waals surface area contributed by atoms with Gasteiger partial charge in [0.25, 0.3) is 0 Å². The minimum Gasteiger partial charge on any atom is -0.348 e. The van der Waals surface area contributed by atoms with Crippen molar-refractivity contribution in [3.63, 3.8) is 0 Å². The molecule has 0 radical (unpaired) electrons. The largest absolute Gasteiger partial charge is 0.348 e. The van der Waals surface area contributed by atoms with E-state index < -0.39 is 0 Å². The van der Waals surface area contributed by atoms with Gasteiger partial charge in [-0.25, -0.2) is 9.97 Å². The van der Waals surface area contributed by atoms with Crippen LogP contribution in [0.15, 0.2) is 49.1 Å². The van der Waals surface area contributed by atoms with Crippen LogP contribution in [-0.4, -0.2) is 26.5 Å². The molecule has 2 atom stereocenters. The lowest BCUT2D eigenvalue weighted by Gasteiger charge is -2.34. The van der Waals surface area contributed by atoms with Crippen molar-refractivity contribution in [3.8, 4) is 11.4 Å². The summed E-state index contributed by atoms with van der Waals surface area (Å²) < 4.78 is 2.11. The molecular weight excluding hydrogens is 348 g/mol. The number of carbonyl (C=O) groups excluding carboxylic acids is 1. The third kappa shape index (κ3) is 2.42. The molecule has 0 saturated heterocycles. The summed E-state index contributed by atoms with van der Waals surface area (Å²) in [5.74, 6) is 0.617. The predicted octanol–water partition coefficient (Wildman–Crippen LogP) is 4.36. The first-order valence-electron chi connectivity index (χ1n) is 10.2. The molecule has 2 saturated carbocycles. The van der Waals surface area contributed by atoms with Gasteiger partial charge in [0.05, 0.1) is 11.2 Å². The highest BCUT2D eigenvalue weighted by Gasteiger charge is 2.73. The molecular formula is C23H26N4O. The molecule has 5 rings (SSSR count). The maximum absolute atomic E-state index is 12.1. The van der Waals surface area contributed by atoms with E-state index in [9.17, 15) is 4.79 Å². The first-order chi connectivity index (χ1) is 13.6. The van der Waals surface area contributed by atoms with Gasteiger partial charge in [-0.05, 0) is 47.9 Å². The zero-order valence-electron chi connectivity index (χ0n) is 16.5. The summed E-state index contributed by atoms with van der Waals surface area (Å²) in [6, 6.07) is 10.4. The molecule has 0 spiro atoms. The SMILES string of the molecule is CC1(C)C2CCCCC21N(C=O)c1ccc(Cn2ccc3ncnc-3c2)cc1. The van der Waals surface area contributed by atoms with Gasteiger partial charge in [0.1, 0.15) is 12.0 Å². The average molecular weight is 374 g/mol. The van der Waals surface area contributed by atoms with Crippen molar-refractivity contribution >= 4 is 12.1 Å². The second-order valence-corrected chi connectivity index (χ2v) is 8.85. The van der Waals surface area contributed by atoms with Crippen molar-refractivity contribution in [3.05, 3.63) is 54.6 Å². The molecule has 1 amide bonds. The lowest BCUT2D eigenvalue weighted by Crippen LogP contribution is -2.42. The zero-order valence-corrected chi connectivity index (χ0v) is 16.5. The maximum Gasteiger partial charge on any atom is 0.214 e. The molecule has 4 aliphatic rings. The molecule has 5 heteroatoms. The zero-order chi connectivity index (χ0) is 19.4. The lowest BCUT2D eigenvalue weighted by atomic mass is 9.92. The van der Waals surface area contributed by atoms with Crippen molar-refractivity contribution in [2.45, 2.75) is 51.6 Å². The van der Waals surface area contributed by atoms with Crippen LogP contribution in [0.25, 0.3) is 11.4 Å². The fourth-order valence-corrected chi connectivity index (χ4v) is 5.72. The average Bonchev–Trinajstić information content (AvgIpc) is 3.01. The smallest absolute Gasteiger partial charge is 0.214 e. The Hall–Kier alpha value is -2.69. The highest BCUT2D eigenvalue weighted by Crippen LogP contribution is 2.71. The number of aromatic nitrogens is 3. The van der Waals surface area contributed by atoms with Gasteiger partial charge < -0.3 is 9.47 Å². The quantitative estimate of drug-likeness (QED) is 0.624. The number of amides is 1. The van der Waals surface area contributed by atoms with Gasteiger partial charge in [-0.1, -0.05) is 38.8 Å². The van der Waals surface area contributed by atoms with Crippen LogP contribution in [0.3, 0.4) is 0 Å². The van der Waals surface area contributed by atoms with Crippen molar-refractivity contribution in [2.75, 3.05) is 4.90 Å². The number of carbonyl (C=O) groups is 1. The number of hydrogen-bond donors (Lipinski definition) is 0. The second-order valence-electron chi connectivity index (χ2n) is 8.85. The van der Waals surface area contributed by atoms with Crippen molar-refractivity contribution in [2.24, 2.45) is 11.3 Å². The van der Waals surface area contributed by atoms with Gasteiger partial charge in [-0.15, -0.1) is 0 Å². The van der Waals surface area contributed by atoms with Crippen LogP contribution in [0, 0.1) is 11.3 Å². The summed E-state index contributed by atoms with van der Waals surface area (Å²) in [6.07, 6.45) is 11.5. The topological polar surface area (TPSA) is 51.0 Å². The van der Waals surface area contributed by atoms with Crippen molar-refractivity contribution < 1.29 is 4.79 Å². The lowest BCUT2D eigenvalue weighted by molar-refractivity contribution is -0.108. The van der Waals surface area contributed by atoms with E-state index in [1.165, 1.54) is 24.8 Å². The number of imidazole rings is 1. The Bertz CT molecular complexity index is 976. The molecule has 0 N–H and O–H groups in total. The maximum atomic E-state index is 12.1. The number of benzene rings is 1. The molecule has 2 aliphatic carbocycles. The Balaban J connectivity index is 1.38. The summed E-state index contributed by atoms with van der Waals surface area (Å²) in [5.41, 5.74) is 4.25. The predicted molar refractivity (Wildman–Crippen MR) is 109 cm³/mol. The summed E-state index contributed by atoms with van der Waals surface area (Å²) in [4.78, 5) is 22.6. The molecule has 144 valence electrons. The fraction of sp³-hybridized carbons (Fsp3) is 0.435. The third-order valence-electron chi connectivity index (χ3n) is 7.26. The van der Waals surface area contributed by atoms with Crippen LogP contribution in [0.2, 0.25) is 0 Å². The summed E-state index contributed by atoms with van der Waals surface area (Å²) >= 11 is 0. The van der Waals surface area contributed by atoms with Gasteiger partial charge in [-0.2, -0.15) is 0 Å².